The van der Waals surface area contributed by atoms with Crippen LogP contribution in [-0.2, 0) is 9.53 Å². The molecule has 2 aromatic carbocycles. The molecule has 2 fully saturated rings. The molecule has 0 aromatic heterocycles. The van der Waals surface area contributed by atoms with Gasteiger partial charge in [-0.25, -0.2) is 0 Å². The molecule has 4 rings (SSSR count). The second-order valence-electron chi connectivity index (χ2n) is 8.16. The van der Waals surface area contributed by atoms with Crippen molar-refractivity contribution in [1.29, 1.82) is 0 Å². The highest BCUT2D eigenvalue weighted by atomic mass is 32.2. The van der Waals surface area contributed by atoms with Gasteiger partial charge in [-0.2, -0.15) is 11.8 Å². The Morgan fingerprint density at radius 1 is 0.967 bits per heavy atom. The lowest BCUT2D eigenvalue weighted by atomic mass is 9.88. The quantitative estimate of drug-likeness (QED) is 0.705. The number of morpholine rings is 1. The van der Waals surface area contributed by atoms with Gasteiger partial charge >= 0.3 is 0 Å². The summed E-state index contributed by atoms with van der Waals surface area (Å²) in [4.78, 5) is 18.3. The molecule has 0 aliphatic carbocycles. The average molecular weight is 425 g/mol. The van der Waals surface area contributed by atoms with Crippen LogP contribution in [0.3, 0.4) is 0 Å². The summed E-state index contributed by atoms with van der Waals surface area (Å²) in [5.74, 6) is 2.56. The van der Waals surface area contributed by atoms with Crippen molar-refractivity contribution >= 4 is 17.7 Å². The summed E-state index contributed by atoms with van der Waals surface area (Å²) in [6.45, 7) is 5.39. The van der Waals surface area contributed by atoms with E-state index in [2.05, 4.69) is 58.3 Å². The van der Waals surface area contributed by atoms with Gasteiger partial charge in [-0.05, 0) is 23.3 Å². The summed E-state index contributed by atoms with van der Waals surface area (Å²) in [6.07, 6.45) is 1.61. The second-order valence-corrected chi connectivity index (χ2v) is 9.31. The lowest BCUT2D eigenvalue weighted by Gasteiger charge is -2.36. The van der Waals surface area contributed by atoms with Gasteiger partial charge in [-0.1, -0.05) is 60.7 Å². The summed E-state index contributed by atoms with van der Waals surface area (Å²) in [5, 5.41) is 0. The number of carbonyl (C=O) groups excluding carboxylic acids is 1. The van der Waals surface area contributed by atoms with Crippen LogP contribution >= 0.6 is 11.8 Å². The minimum Gasteiger partial charge on any atom is -0.379 e. The van der Waals surface area contributed by atoms with Crippen LogP contribution < -0.4 is 0 Å². The molecule has 1 atom stereocenters. The smallest absolute Gasteiger partial charge is 0.223 e. The van der Waals surface area contributed by atoms with Crippen LogP contribution in [0.5, 0.6) is 0 Å². The topological polar surface area (TPSA) is 32.8 Å². The number of rotatable bonds is 6. The predicted octanol–water partition coefficient (Wildman–Crippen LogP) is 3.87. The molecule has 0 bridgehead atoms. The maximum Gasteiger partial charge on any atom is 0.223 e. The van der Waals surface area contributed by atoms with Crippen molar-refractivity contribution in [3.63, 3.8) is 0 Å². The van der Waals surface area contributed by atoms with Gasteiger partial charge in [0.1, 0.15) is 0 Å². The SMILES string of the molecule is O=C(CC(c1ccccc1)c1ccccc1)N1CCCSCC1CN1CCOCC1. The van der Waals surface area contributed by atoms with E-state index in [1.165, 1.54) is 11.1 Å². The standard InChI is InChI=1S/C25H32N2O2S/c28-25(18-24(21-8-3-1-4-9-21)22-10-5-2-6-11-22)27-12-7-17-30-20-23(27)19-26-13-15-29-16-14-26/h1-6,8-11,23-24H,7,12-20H2. The minimum absolute atomic E-state index is 0.0971. The third-order valence-electron chi connectivity index (χ3n) is 6.11. The summed E-state index contributed by atoms with van der Waals surface area (Å²) >= 11 is 1.99. The molecule has 30 heavy (non-hydrogen) atoms. The Morgan fingerprint density at radius 3 is 2.23 bits per heavy atom. The first-order chi connectivity index (χ1) is 14.8. The van der Waals surface area contributed by atoms with Crippen LogP contribution in [0, 0.1) is 0 Å². The number of hydrogen-bond donors (Lipinski definition) is 0. The summed E-state index contributed by atoms with van der Waals surface area (Å²) in [5.41, 5.74) is 2.43. The van der Waals surface area contributed by atoms with E-state index >= 15 is 0 Å². The highest BCUT2D eigenvalue weighted by Crippen LogP contribution is 2.30. The van der Waals surface area contributed by atoms with E-state index in [0.29, 0.717) is 6.42 Å². The molecule has 0 spiro atoms. The fourth-order valence-corrected chi connectivity index (χ4v) is 5.54. The van der Waals surface area contributed by atoms with Crippen molar-refractivity contribution in [3.8, 4) is 0 Å². The molecule has 0 saturated carbocycles. The van der Waals surface area contributed by atoms with Gasteiger partial charge in [0, 0.05) is 44.3 Å². The normalized spacial score (nSPS) is 20.8. The lowest BCUT2D eigenvalue weighted by molar-refractivity contribution is -0.133. The van der Waals surface area contributed by atoms with Gasteiger partial charge in [0.2, 0.25) is 5.91 Å². The van der Waals surface area contributed by atoms with Crippen molar-refractivity contribution in [2.45, 2.75) is 24.8 Å². The van der Waals surface area contributed by atoms with Gasteiger partial charge in [-0.15, -0.1) is 0 Å². The average Bonchev–Trinajstić information content (AvgIpc) is 3.05. The van der Waals surface area contributed by atoms with E-state index < -0.39 is 0 Å². The number of benzene rings is 2. The van der Waals surface area contributed by atoms with E-state index in [0.717, 1.165) is 57.3 Å². The zero-order valence-corrected chi connectivity index (χ0v) is 18.4. The molecular formula is C25H32N2O2S. The highest BCUT2D eigenvalue weighted by Gasteiger charge is 2.30. The molecule has 2 heterocycles. The molecule has 0 radical (unpaired) electrons. The summed E-state index contributed by atoms with van der Waals surface area (Å²) < 4.78 is 5.51. The third-order valence-corrected chi connectivity index (χ3v) is 7.31. The van der Waals surface area contributed by atoms with E-state index in [1.807, 2.05) is 23.9 Å². The predicted molar refractivity (Wildman–Crippen MR) is 124 cm³/mol. The van der Waals surface area contributed by atoms with Crippen LogP contribution in [0.4, 0.5) is 0 Å². The van der Waals surface area contributed by atoms with Crippen LogP contribution in [0.15, 0.2) is 60.7 Å². The molecule has 2 aromatic rings. The largest absolute Gasteiger partial charge is 0.379 e. The first-order valence-electron chi connectivity index (χ1n) is 11.1. The first kappa shape index (κ1) is 21.4. The molecule has 2 aliphatic heterocycles. The fraction of sp³-hybridized carbons (Fsp3) is 0.480. The van der Waals surface area contributed by atoms with E-state index in [1.54, 1.807) is 0 Å². The van der Waals surface area contributed by atoms with Crippen molar-refractivity contribution < 1.29 is 9.53 Å². The Hall–Kier alpha value is -1.82. The van der Waals surface area contributed by atoms with Gasteiger partial charge in [0.15, 0.2) is 0 Å². The zero-order valence-electron chi connectivity index (χ0n) is 17.6. The highest BCUT2D eigenvalue weighted by molar-refractivity contribution is 7.99. The van der Waals surface area contributed by atoms with E-state index in [9.17, 15) is 4.79 Å². The van der Waals surface area contributed by atoms with Gasteiger partial charge < -0.3 is 9.64 Å². The fourth-order valence-electron chi connectivity index (χ4n) is 4.48. The molecule has 1 amide bonds. The summed E-state index contributed by atoms with van der Waals surface area (Å²) in [7, 11) is 0. The number of hydrogen-bond acceptors (Lipinski definition) is 4. The maximum atomic E-state index is 13.6. The Morgan fingerprint density at radius 2 is 1.60 bits per heavy atom. The lowest BCUT2D eigenvalue weighted by Crippen LogP contribution is -2.50. The van der Waals surface area contributed by atoms with Crippen molar-refractivity contribution in [1.82, 2.24) is 9.80 Å². The minimum atomic E-state index is 0.0971. The van der Waals surface area contributed by atoms with E-state index in [-0.39, 0.29) is 17.9 Å². The zero-order chi connectivity index (χ0) is 20.6. The monoisotopic (exact) mass is 424 g/mol. The Balaban J connectivity index is 1.52. The second kappa shape index (κ2) is 11.0. The van der Waals surface area contributed by atoms with Crippen LogP contribution in [0.25, 0.3) is 0 Å². The molecule has 5 heteroatoms. The first-order valence-corrected chi connectivity index (χ1v) is 12.2. The molecule has 160 valence electrons. The summed E-state index contributed by atoms with van der Waals surface area (Å²) in [6, 6.07) is 21.2. The maximum absolute atomic E-state index is 13.6. The molecular weight excluding hydrogens is 392 g/mol. The number of carbonyl (C=O) groups is 1. The molecule has 2 saturated heterocycles. The molecule has 0 N–H and O–H groups in total. The molecule has 2 aliphatic rings. The van der Waals surface area contributed by atoms with Gasteiger partial charge in [0.25, 0.3) is 0 Å². The number of nitrogens with zero attached hydrogens (tertiary/aromatic N) is 2. The third kappa shape index (κ3) is 5.65. The molecule has 1 unspecified atom stereocenters. The van der Waals surface area contributed by atoms with Crippen molar-refractivity contribution in [3.05, 3.63) is 71.8 Å². The number of thioether (sulfide) groups is 1. The Labute approximate surface area is 184 Å². The van der Waals surface area contributed by atoms with Crippen molar-refractivity contribution in [2.75, 3.05) is 50.9 Å². The van der Waals surface area contributed by atoms with Gasteiger partial charge in [0.05, 0.1) is 19.3 Å². The van der Waals surface area contributed by atoms with Crippen LogP contribution in [0.1, 0.15) is 29.9 Å². The van der Waals surface area contributed by atoms with Crippen LogP contribution in [0.2, 0.25) is 0 Å². The molecule has 4 nitrogen and oxygen atoms in total. The van der Waals surface area contributed by atoms with Crippen molar-refractivity contribution in [2.24, 2.45) is 0 Å². The van der Waals surface area contributed by atoms with Gasteiger partial charge in [-0.3, -0.25) is 9.69 Å². The number of ether oxygens (including phenoxy) is 1. The van der Waals surface area contributed by atoms with E-state index in [4.69, 9.17) is 4.74 Å². The number of amides is 1. The Kier molecular flexibility index (Phi) is 7.84. The van der Waals surface area contributed by atoms with Crippen LogP contribution in [-0.4, -0.2) is 72.6 Å². The Bertz CT molecular complexity index is 741.